The molecule has 17 heavy (non-hydrogen) atoms. The van der Waals surface area contributed by atoms with Gasteiger partial charge in [-0.1, -0.05) is 22.9 Å². The van der Waals surface area contributed by atoms with Gasteiger partial charge in [-0.05, 0) is 44.7 Å². The van der Waals surface area contributed by atoms with Gasteiger partial charge in [-0.15, -0.1) is 0 Å². The lowest BCUT2D eigenvalue weighted by Crippen LogP contribution is -2.59. The summed E-state index contributed by atoms with van der Waals surface area (Å²) in [6, 6.07) is 8.65. The van der Waals surface area contributed by atoms with Crippen LogP contribution in [0.1, 0.15) is 20.8 Å². The number of piperazine rings is 1. The zero-order chi connectivity index (χ0) is 12.5. The fraction of sp³-hybridized carbons (Fsp3) is 0.571. The Hall–Kier alpha value is -0.540. The van der Waals surface area contributed by atoms with Crippen molar-refractivity contribution < 1.29 is 0 Å². The standard InChI is InChI=1S/C14H21BrN2/c1-4-16-9-10-17(14(2,3)11-16)13-7-5-12(15)6-8-13/h5-8H,4,9-11H2,1-3H3. The SMILES string of the molecule is CCN1CCN(c2ccc(Br)cc2)C(C)(C)C1. The van der Waals surface area contributed by atoms with E-state index in [4.69, 9.17) is 0 Å². The van der Waals surface area contributed by atoms with Crippen molar-refractivity contribution in [2.75, 3.05) is 31.1 Å². The summed E-state index contributed by atoms with van der Waals surface area (Å²) in [5.41, 5.74) is 1.54. The van der Waals surface area contributed by atoms with Gasteiger partial charge in [-0.25, -0.2) is 0 Å². The molecule has 2 nitrogen and oxygen atoms in total. The van der Waals surface area contributed by atoms with E-state index >= 15 is 0 Å². The van der Waals surface area contributed by atoms with Crippen molar-refractivity contribution >= 4 is 21.6 Å². The Balaban J connectivity index is 2.18. The second kappa shape index (κ2) is 4.99. The van der Waals surface area contributed by atoms with Crippen LogP contribution < -0.4 is 4.90 Å². The van der Waals surface area contributed by atoms with E-state index in [1.165, 1.54) is 5.69 Å². The van der Waals surface area contributed by atoms with Crippen LogP contribution in [0.3, 0.4) is 0 Å². The molecule has 0 bridgehead atoms. The molecule has 1 saturated heterocycles. The molecule has 1 heterocycles. The highest BCUT2D eigenvalue weighted by Crippen LogP contribution is 2.28. The molecule has 1 fully saturated rings. The minimum absolute atomic E-state index is 0.210. The molecular weight excluding hydrogens is 276 g/mol. The molecule has 1 aromatic rings. The third-order valence-corrected chi connectivity index (χ3v) is 4.10. The minimum Gasteiger partial charge on any atom is -0.364 e. The molecule has 2 rings (SSSR count). The maximum Gasteiger partial charge on any atom is 0.0473 e. The molecule has 1 aromatic carbocycles. The first-order valence-corrected chi connectivity index (χ1v) is 7.08. The lowest BCUT2D eigenvalue weighted by molar-refractivity contribution is 0.191. The molecule has 0 radical (unpaired) electrons. The van der Waals surface area contributed by atoms with Gasteiger partial charge >= 0.3 is 0 Å². The summed E-state index contributed by atoms with van der Waals surface area (Å²) in [6.07, 6.45) is 0. The number of rotatable bonds is 2. The van der Waals surface area contributed by atoms with Gasteiger partial charge in [0.2, 0.25) is 0 Å². The van der Waals surface area contributed by atoms with Gasteiger partial charge in [0, 0.05) is 35.3 Å². The Morgan fingerprint density at radius 2 is 1.82 bits per heavy atom. The van der Waals surface area contributed by atoms with Gasteiger partial charge in [0.1, 0.15) is 0 Å². The maximum absolute atomic E-state index is 3.49. The number of likely N-dealkylation sites (N-methyl/N-ethyl adjacent to an activating group) is 1. The van der Waals surface area contributed by atoms with E-state index in [1.807, 2.05) is 0 Å². The highest BCUT2D eigenvalue weighted by atomic mass is 79.9. The van der Waals surface area contributed by atoms with Crippen molar-refractivity contribution in [3.63, 3.8) is 0 Å². The van der Waals surface area contributed by atoms with Crippen molar-refractivity contribution in [1.82, 2.24) is 4.90 Å². The van der Waals surface area contributed by atoms with Crippen LogP contribution >= 0.6 is 15.9 Å². The molecule has 0 unspecified atom stereocenters. The Morgan fingerprint density at radius 1 is 1.18 bits per heavy atom. The average Bonchev–Trinajstić information content (AvgIpc) is 2.29. The molecule has 1 aliphatic rings. The Kier molecular flexibility index (Phi) is 3.79. The van der Waals surface area contributed by atoms with E-state index in [1.54, 1.807) is 0 Å². The molecule has 0 atom stereocenters. The number of halogens is 1. The van der Waals surface area contributed by atoms with Crippen molar-refractivity contribution in [3.8, 4) is 0 Å². The minimum atomic E-state index is 0.210. The predicted octanol–water partition coefficient (Wildman–Crippen LogP) is 3.37. The summed E-state index contributed by atoms with van der Waals surface area (Å²) in [4.78, 5) is 5.04. The summed E-state index contributed by atoms with van der Waals surface area (Å²) in [7, 11) is 0. The topological polar surface area (TPSA) is 6.48 Å². The van der Waals surface area contributed by atoms with Crippen LogP contribution in [0, 0.1) is 0 Å². The molecule has 3 heteroatoms. The normalized spacial score (nSPS) is 20.6. The molecule has 0 aliphatic carbocycles. The molecule has 0 aromatic heterocycles. The third-order valence-electron chi connectivity index (χ3n) is 3.57. The van der Waals surface area contributed by atoms with Gasteiger partial charge < -0.3 is 4.90 Å². The monoisotopic (exact) mass is 296 g/mol. The fourth-order valence-electron chi connectivity index (χ4n) is 2.63. The van der Waals surface area contributed by atoms with Crippen molar-refractivity contribution in [2.45, 2.75) is 26.3 Å². The molecule has 0 N–H and O–H groups in total. The van der Waals surface area contributed by atoms with Gasteiger partial charge in [0.25, 0.3) is 0 Å². The fourth-order valence-corrected chi connectivity index (χ4v) is 2.89. The summed E-state index contributed by atoms with van der Waals surface area (Å²) in [5, 5.41) is 0. The van der Waals surface area contributed by atoms with Crippen LogP contribution in [0.2, 0.25) is 0 Å². The van der Waals surface area contributed by atoms with Gasteiger partial charge in [-0.3, -0.25) is 4.90 Å². The number of hydrogen-bond donors (Lipinski definition) is 0. The van der Waals surface area contributed by atoms with E-state index in [0.717, 1.165) is 30.7 Å². The Labute approximate surface area is 113 Å². The summed E-state index contributed by atoms with van der Waals surface area (Å²) < 4.78 is 1.14. The Bertz CT molecular complexity index is 372. The number of hydrogen-bond acceptors (Lipinski definition) is 2. The largest absolute Gasteiger partial charge is 0.364 e. The van der Waals surface area contributed by atoms with Crippen LogP contribution in [0.25, 0.3) is 0 Å². The summed E-state index contributed by atoms with van der Waals surface area (Å²) in [6.45, 7) is 11.5. The second-order valence-electron chi connectivity index (χ2n) is 5.31. The summed E-state index contributed by atoms with van der Waals surface area (Å²) in [5.74, 6) is 0. The van der Waals surface area contributed by atoms with Gasteiger partial charge in [0.05, 0.1) is 0 Å². The van der Waals surface area contributed by atoms with E-state index in [0.29, 0.717) is 0 Å². The lowest BCUT2D eigenvalue weighted by atomic mass is 9.97. The zero-order valence-electron chi connectivity index (χ0n) is 10.9. The van der Waals surface area contributed by atoms with E-state index < -0.39 is 0 Å². The number of benzene rings is 1. The number of nitrogens with zero attached hydrogens (tertiary/aromatic N) is 2. The lowest BCUT2D eigenvalue weighted by Gasteiger charge is -2.48. The van der Waals surface area contributed by atoms with Crippen LogP contribution in [0.4, 0.5) is 5.69 Å². The third kappa shape index (κ3) is 2.83. The summed E-state index contributed by atoms with van der Waals surface area (Å²) >= 11 is 3.49. The van der Waals surface area contributed by atoms with Gasteiger partial charge in [0.15, 0.2) is 0 Å². The first kappa shape index (κ1) is 12.9. The maximum atomic E-state index is 3.49. The smallest absolute Gasteiger partial charge is 0.0473 e. The molecule has 0 spiro atoms. The van der Waals surface area contributed by atoms with Gasteiger partial charge in [-0.2, -0.15) is 0 Å². The second-order valence-corrected chi connectivity index (χ2v) is 6.22. The molecule has 0 amide bonds. The first-order chi connectivity index (χ1) is 8.03. The van der Waals surface area contributed by atoms with E-state index in [9.17, 15) is 0 Å². The highest BCUT2D eigenvalue weighted by molar-refractivity contribution is 9.10. The van der Waals surface area contributed by atoms with Crippen LogP contribution in [-0.2, 0) is 0 Å². The molecule has 94 valence electrons. The van der Waals surface area contributed by atoms with E-state index in [2.05, 4.69) is 70.8 Å². The molecule has 1 aliphatic heterocycles. The zero-order valence-corrected chi connectivity index (χ0v) is 12.5. The molecular formula is C14H21BrN2. The highest BCUT2D eigenvalue weighted by Gasteiger charge is 2.32. The molecule has 0 saturated carbocycles. The van der Waals surface area contributed by atoms with Crippen molar-refractivity contribution in [2.24, 2.45) is 0 Å². The Morgan fingerprint density at radius 3 is 2.35 bits per heavy atom. The quantitative estimate of drug-likeness (QED) is 0.826. The van der Waals surface area contributed by atoms with Crippen LogP contribution in [-0.4, -0.2) is 36.6 Å². The average molecular weight is 297 g/mol. The first-order valence-electron chi connectivity index (χ1n) is 6.28. The van der Waals surface area contributed by atoms with Crippen molar-refractivity contribution in [1.29, 1.82) is 0 Å². The van der Waals surface area contributed by atoms with E-state index in [-0.39, 0.29) is 5.54 Å². The van der Waals surface area contributed by atoms with Crippen LogP contribution in [0.15, 0.2) is 28.7 Å². The van der Waals surface area contributed by atoms with Crippen molar-refractivity contribution in [3.05, 3.63) is 28.7 Å². The predicted molar refractivity (Wildman–Crippen MR) is 77.7 cm³/mol. The number of anilines is 1. The van der Waals surface area contributed by atoms with Crippen LogP contribution in [0.5, 0.6) is 0 Å².